The Hall–Kier alpha value is -3.44. The molecule has 0 spiro atoms. The van der Waals surface area contributed by atoms with Gasteiger partial charge < -0.3 is 26.6 Å². The van der Waals surface area contributed by atoms with Crippen LogP contribution in [0.3, 0.4) is 0 Å². The molecule has 2 aromatic rings. The highest BCUT2D eigenvalue weighted by Crippen LogP contribution is 2.54. The molecule has 2 unspecified atom stereocenters. The molecule has 2 aliphatic rings. The van der Waals surface area contributed by atoms with Crippen molar-refractivity contribution in [2.24, 2.45) is 35.1 Å². The number of nitrogens with zero attached hydrogens (tertiary/aromatic N) is 5. The van der Waals surface area contributed by atoms with Gasteiger partial charge in [-0.2, -0.15) is 22.7 Å². The number of nitrogens with one attached hydrogen (secondary N) is 1. The van der Waals surface area contributed by atoms with Crippen molar-refractivity contribution in [3.63, 3.8) is 0 Å². The van der Waals surface area contributed by atoms with Crippen LogP contribution >= 0.6 is 0 Å². The molecule has 2 atom stereocenters. The van der Waals surface area contributed by atoms with Crippen LogP contribution in [-0.2, 0) is 4.79 Å². The zero-order chi connectivity index (χ0) is 34.5. The van der Waals surface area contributed by atoms with Gasteiger partial charge in [-0.15, -0.1) is 5.10 Å². The maximum absolute atomic E-state index is 14.9. The number of allylic oxidation sites excluding steroid dienone is 1. The van der Waals surface area contributed by atoms with E-state index >= 15 is 0 Å². The lowest BCUT2D eigenvalue weighted by Crippen LogP contribution is -2.42. The standard InChI is InChI=1S/C19H28F6N6.C7H10N2O.CH5N.CH2O/c1-28-17(16(10-2-3-10)11-4-5-11)12-8-31(29-18(12)22)13(6-15(20)21)14(7-26)30(27)9-19(23,24)25;1-6(2)9-7(5-10)3-4-8-9;2*1-2/h7-8,10-11,13,15-17,28H,2-6,9,26-27H2,1H3;3-6H,1-2H3;2H2,1H3;1H2/b14-7-;;;. The van der Waals surface area contributed by atoms with Crippen LogP contribution in [0, 0.1) is 23.7 Å². The fraction of sp³-hybridized carbons (Fsp3) is 0.643. The molecule has 0 aliphatic heterocycles. The number of hydrazine groups is 1. The van der Waals surface area contributed by atoms with Gasteiger partial charge in [-0.05, 0) is 77.4 Å². The molecule has 45 heavy (non-hydrogen) atoms. The van der Waals surface area contributed by atoms with E-state index in [1.54, 1.807) is 24.0 Å². The zero-order valence-electron chi connectivity index (χ0n) is 25.9. The van der Waals surface area contributed by atoms with Gasteiger partial charge in [0.1, 0.15) is 19.0 Å². The van der Waals surface area contributed by atoms with Crippen LogP contribution in [0.25, 0.3) is 0 Å². The Kier molecular flexibility index (Phi) is 16.3. The zero-order valence-corrected chi connectivity index (χ0v) is 25.9. The van der Waals surface area contributed by atoms with E-state index in [0.29, 0.717) is 17.5 Å². The fourth-order valence-corrected chi connectivity index (χ4v) is 5.26. The summed E-state index contributed by atoms with van der Waals surface area (Å²) >= 11 is 0. The predicted octanol–water partition coefficient (Wildman–Crippen LogP) is 4.12. The summed E-state index contributed by atoms with van der Waals surface area (Å²) in [5, 5.41) is 11.1. The van der Waals surface area contributed by atoms with Crippen LogP contribution in [-0.4, -0.2) is 70.9 Å². The van der Waals surface area contributed by atoms with Gasteiger partial charge in [-0.25, -0.2) is 14.6 Å². The Morgan fingerprint density at radius 1 is 1.18 bits per heavy atom. The molecule has 17 heteroatoms. The van der Waals surface area contributed by atoms with Crippen LogP contribution in [0.15, 0.2) is 30.4 Å². The Balaban J connectivity index is 0.000000605. The Labute approximate surface area is 259 Å². The molecule has 2 fully saturated rings. The van der Waals surface area contributed by atoms with Crippen LogP contribution in [0.4, 0.5) is 26.3 Å². The third-order valence-electron chi connectivity index (χ3n) is 7.30. The summed E-state index contributed by atoms with van der Waals surface area (Å²) in [4.78, 5) is 18.3. The maximum atomic E-state index is 14.9. The first kappa shape index (κ1) is 39.6. The van der Waals surface area contributed by atoms with E-state index in [9.17, 15) is 31.1 Å². The van der Waals surface area contributed by atoms with Crippen molar-refractivity contribution in [3.8, 4) is 0 Å². The summed E-state index contributed by atoms with van der Waals surface area (Å²) < 4.78 is 82.3. The summed E-state index contributed by atoms with van der Waals surface area (Å²) in [6.45, 7) is 4.37. The SMILES string of the molecule is C=O.CC(C)n1nccc1C=O.CN.CNC(c1cn(C(CC(F)F)/C(=C/N)N(N)CC(F)(F)F)nc1F)C(C1CC1)C1CC1. The van der Waals surface area contributed by atoms with E-state index in [4.69, 9.17) is 16.4 Å². The number of rotatable bonds is 13. The quantitative estimate of drug-likeness (QED) is 0.108. The molecule has 0 aromatic carbocycles. The smallest absolute Gasteiger partial charge is 0.403 e. The monoisotopic (exact) mass is 653 g/mol. The van der Waals surface area contributed by atoms with E-state index in [1.165, 1.54) is 13.2 Å². The molecule has 2 heterocycles. The number of halogens is 6. The van der Waals surface area contributed by atoms with Gasteiger partial charge in [-0.3, -0.25) is 14.2 Å². The van der Waals surface area contributed by atoms with E-state index in [1.807, 2.05) is 20.6 Å². The van der Waals surface area contributed by atoms with E-state index < -0.39 is 43.3 Å². The molecule has 2 aromatic heterocycles. The van der Waals surface area contributed by atoms with Crippen LogP contribution in [0.2, 0.25) is 0 Å². The highest BCUT2D eigenvalue weighted by atomic mass is 19.4. The second kappa shape index (κ2) is 18.5. The number of alkyl halides is 5. The van der Waals surface area contributed by atoms with Crippen molar-refractivity contribution in [2.75, 3.05) is 20.6 Å². The molecule has 0 radical (unpaired) electrons. The number of aldehydes is 1. The second-order valence-corrected chi connectivity index (χ2v) is 10.8. The van der Waals surface area contributed by atoms with Gasteiger partial charge in [0.2, 0.25) is 12.4 Å². The number of aromatic nitrogens is 4. The molecule has 7 N–H and O–H groups in total. The van der Waals surface area contributed by atoms with Gasteiger partial charge in [0, 0.05) is 42.7 Å². The number of nitrogens with two attached hydrogens (primary N) is 3. The average Bonchev–Trinajstić information content (AvgIpc) is 3.92. The molecular weight excluding hydrogens is 608 g/mol. The van der Waals surface area contributed by atoms with Gasteiger partial charge in [-0.1, -0.05) is 0 Å². The number of carbonyl (C=O) groups is 2. The Morgan fingerprint density at radius 3 is 2.11 bits per heavy atom. The van der Waals surface area contributed by atoms with Crippen molar-refractivity contribution in [1.82, 2.24) is 29.9 Å². The fourth-order valence-electron chi connectivity index (χ4n) is 5.26. The third-order valence-corrected chi connectivity index (χ3v) is 7.30. The molecule has 0 saturated heterocycles. The molecule has 11 nitrogen and oxygen atoms in total. The predicted molar refractivity (Wildman–Crippen MR) is 157 cm³/mol. The highest BCUT2D eigenvalue weighted by molar-refractivity contribution is 5.71. The van der Waals surface area contributed by atoms with Crippen molar-refractivity contribution < 1.29 is 35.9 Å². The number of hydrogen-bond donors (Lipinski definition) is 4. The van der Waals surface area contributed by atoms with Gasteiger partial charge in [0.15, 0.2) is 6.29 Å². The van der Waals surface area contributed by atoms with Gasteiger partial charge in [0.05, 0.1) is 11.7 Å². The minimum Gasteiger partial charge on any atom is -0.403 e. The van der Waals surface area contributed by atoms with Crippen molar-refractivity contribution >= 4 is 13.1 Å². The average molecular weight is 654 g/mol. The summed E-state index contributed by atoms with van der Waals surface area (Å²) in [7, 11) is 3.20. The van der Waals surface area contributed by atoms with E-state index in [0.717, 1.165) is 42.9 Å². The van der Waals surface area contributed by atoms with Crippen molar-refractivity contribution in [3.05, 3.63) is 47.6 Å². The number of carbonyl (C=O) groups excluding carboxylic acids is 2. The third kappa shape index (κ3) is 11.8. The minimum absolute atomic E-state index is 0.200. The highest BCUT2D eigenvalue weighted by Gasteiger charge is 2.46. The first-order valence-corrected chi connectivity index (χ1v) is 14.4. The summed E-state index contributed by atoms with van der Waals surface area (Å²) in [5.41, 5.74) is 10.4. The minimum atomic E-state index is -4.68. The molecular formula is C28H45F6N9O2. The summed E-state index contributed by atoms with van der Waals surface area (Å²) in [6, 6.07) is 0.136. The van der Waals surface area contributed by atoms with Crippen molar-refractivity contribution in [1.29, 1.82) is 0 Å². The first-order valence-electron chi connectivity index (χ1n) is 14.4. The Bertz CT molecular complexity index is 1170. The van der Waals surface area contributed by atoms with E-state index in [2.05, 4.69) is 21.2 Å². The molecule has 2 saturated carbocycles. The van der Waals surface area contributed by atoms with Crippen LogP contribution < -0.4 is 22.6 Å². The Morgan fingerprint density at radius 2 is 1.73 bits per heavy atom. The molecule has 256 valence electrons. The topological polar surface area (TPSA) is 163 Å². The van der Waals surface area contributed by atoms with Gasteiger partial charge in [0.25, 0.3) is 0 Å². The second-order valence-electron chi connectivity index (χ2n) is 10.8. The van der Waals surface area contributed by atoms with Crippen LogP contribution in [0.5, 0.6) is 0 Å². The summed E-state index contributed by atoms with van der Waals surface area (Å²) in [6.07, 6.45) is 0.178. The number of hydrogen-bond acceptors (Lipinski definition) is 9. The van der Waals surface area contributed by atoms with E-state index in [-0.39, 0.29) is 28.6 Å². The maximum Gasteiger partial charge on any atom is 0.407 e. The molecule has 0 amide bonds. The normalized spacial score (nSPS) is 16.2. The largest absolute Gasteiger partial charge is 0.407 e. The van der Waals surface area contributed by atoms with Crippen molar-refractivity contribution in [2.45, 2.75) is 76.7 Å². The van der Waals surface area contributed by atoms with Crippen LogP contribution in [0.1, 0.15) is 80.1 Å². The lowest BCUT2D eigenvalue weighted by atomic mass is 9.86. The lowest BCUT2D eigenvalue weighted by molar-refractivity contribution is -0.143. The molecule has 2 aliphatic carbocycles. The summed E-state index contributed by atoms with van der Waals surface area (Å²) in [5.74, 6) is 5.77. The van der Waals surface area contributed by atoms with Gasteiger partial charge >= 0.3 is 6.18 Å². The first-order chi connectivity index (χ1) is 21.3. The molecule has 0 bridgehead atoms. The lowest BCUT2D eigenvalue weighted by Gasteiger charge is -2.29. The molecule has 4 rings (SSSR count).